The molecule has 3 rings (SSSR count). The van der Waals surface area contributed by atoms with Crippen molar-refractivity contribution < 1.29 is 0 Å². The lowest BCUT2D eigenvalue weighted by Gasteiger charge is -2.05. The summed E-state index contributed by atoms with van der Waals surface area (Å²) in [6.07, 6.45) is 5.05. The van der Waals surface area contributed by atoms with Gasteiger partial charge in [-0.05, 0) is 24.6 Å². The Labute approximate surface area is 109 Å². The van der Waals surface area contributed by atoms with Crippen LogP contribution in [0.25, 0.3) is 11.2 Å². The molecule has 3 heterocycles. The van der Waals surface area contributed by atoms with Crippen LogP contribution < -0.4 is 5.32 Å². The quantitative estimate of drug-likeness (QED) is 0.755. The van der Waals surface area contributed by atoms with Gasteiger partial charge in [-0.25, -0.2) is 14.6 Å². The minimum absolute atomic E-state index is 0.660. The second kappa shape index (κ2) is 4.97. The fourth-order valence-corrected chi connectivity index (χ4v) is 1.82. The predicted octanol–water partition coefficient (Wildman–Crippen LogP) is 1.25. The minimum atomic E-state index is 0.660. The van der Waals surface area contributed by atoms with E-state index in [1.165, 1.54) is 6.33 Å². The summed E-state index contributed by atoms with van der Waals surface area (Å²) < 4.78 is 1.74. The number of hydrogen-bond donors (Lipinski definition) is 1. The van der Waals surface area contributed by atoms with Crippen LogP contribution in [0.2, 0.25) is 0 Å². The molecule has 0 aromatic carbocycles. The molecule has 0 saturated heterocycles. The summed E-state index contributed by atoms with van der Waals surface area (Å²) in [6.45, 7) is 3.39. The number of pyridine rings is 1. The van der Waals surface area contributed by atoms with Gasteiger partial charge >= 0.3 is 0 Å². The molecule has 3 aromatic heterocycles. The molecule has 0 bridgehead atoms. The van der Waals surface area contributed by atoms with Crippen molar-refractivity contribution in [1.29, 1.82) is 0 Å². The monoisotopic (exact) mass is 255 g/mol. The first-order valence-corrected chi connectivity index (χ1v) is 6.05. The lowest BCUT2D eigenvalue weighted by molar-refractivity contribution is 0.641. The SMILES string of the molecule is CCn1nnc2c(NCc3ccncc3)ncnc21. The Balaban J connectivity index is 1.87. The van der Waals surface area contributed by atoms with E-state index < -0.39 is 0 Å². The van der Waals surface area contributed by atoms with Gasteiger partial charge in [-0.1, -0.05) is 5.21 Å². The Kier molecular flexibility index (Phi) is 3.01. The minimum Gasteiger partial charge on any atom is -0.364 e. The molecule has 0 aliphatic carbocycles. The highest BCUT2D eigenvalue weighted by Gasteiger charge is 2.10. The Morgan fingerprint density at radius 2 is 2.05 bits per heavy atom. The Hall–Kier alpha value is -2.57. The van der Waals surface area contributed by atoms with Crippen molar-refractivity contribution in [3.63, 3.8) is 0 Å². The van der Waals surface area contributed by atoms with Crippen LogP contribution in [0.15, 0.2) is 30.9 Å². The molecule has 7 heteroatoms. The molecule has 0 spiro atoms. The van der Waals surface area contributed by atoms with E-state index in [1.807, 2.05) is 19.1 Å². The van der Waals surface area contributed by atoms with Gasteiger partial charge < -0.3 is 5.32 Å². The Bertz CT molecular complexity index is 677. The highest BCUT2D eigenvalue weighted by molar-refractivity contribution is 5.81. The van der Waals surface area contributed by atoms with Crippen LogP contribution in [-0.4, -0.2) is 29.9 Å². The lowest BCUT2D eigenvalue weighted by Crippen LogP contribution is -2.03. The standard InChI is InChI=1S/C12H13N7/c1-2-19-12-10(17-18-19)11(15-8-16-12)14-7-9-3-5-13-6-4-9/h3-6,8H,2,7H2,1H3,(H,14,15,16). The summed E-state index contributed by atoms with van der Waals surface area (Å²) >= 11 is 0. The number of aromatic nitrogens is 6. The summed E-state index contributed by atoms with van der Waals surface area (Å²) in [5.41, 5.74) is 2.57. The summed E-state index contributed by atoms with van der Waals surface area (Å²) in [7, 11) is 0. The first kappa shape index (κ1) is 11.5. The van der Waals surface area contributed by atoms with Crippen LogP contribution in [0.3, 0.4) is 0 Å². The second-order valence-electron chi connectivity index (χ2n) is 4.01. The number of rotatable bonds is 4. The molecule has 0 unspecified atom stereocenters. The van der Waals surface area contributed by atoms with E-state index in [0.717, 1.165) is 17.8 Å². The van der Waals surface area contributed by atoms with Gasteiger partial charge in [-0.2, -0.15) is 0 Å². The van der Waals surface area contributed by atoms with Crippen LogP contribution in [0.4, 0.5) is 5.82 Å². The average molecular weight is 255 g/mol. The number of aryl methyl sites for hydroxylation is 1. The maximum absolute atomic E-state index is 4.22. The molecule has 0 saturated carbocycles. The van der Waals surface area contributed by atoms with E-state index in [2.05, 4.69) is 30.6 Å². The molecule has 0 radical (unpaired) electrons. The van der Waals surface area contributed by atoms with Crippen LogP contribution >= 0.6 is 0 Å². The van der Waals surface area contributed by atoms with Crippen LogP contribution in [-0.2, 0) is 13.1 Å². The van der Waals surface area contributed by atoms with Gasteiger partial charge in [-0.3, -0.25) is 4.98 Å². The summed E-state index contributed by atoms with van der Waals surface area (Å²) in [4.78, 5) is 12.4. The number of anilines is 1. The topological polar surface area (TPSA) is 81.4 Å². The maximum atomic E-state index is 4.22. The van der Waals surface area contributed by atoms with E-state index in [4.69, 9.17) is 0 Å². The van der Waals surface area contributed by atoms with E-state index in [0.29, 0.717) is 17.9 Å². The second-order valence-corrected chi connectivity index (χ2v) is 4.01. The molecule has 19 heavy (non-hydrogen) atoms. The Morgan fingerprint density at radius 1 is 1.21 bits per heavy atom. The summed E-state index contributed by atoms with van der Waals surface area (Å²) in [5.74, 6) is 0.696. The van der Waals surface area contributed by atoms with Gasteiger partial charge in [0.25, 0.3) is 0 Å². The molecule has 0 aliphatic rings. The zero-order valence-corrected chi connectivity index (χ0v) is 10.5. The number of nitrogens with zero attached hydrogens (tertiary/aromatic N) is 6. The Morgan fingerprint density at radius 3 is 2.84 bits per heavy atom. The van der Waals surface area contributed by atoms with Crippen molar-refractivity contribution in [2.24, 2.45) is 0 Å². The fraction of sp³-hybridized carbons (Fsp3) is 0.250. The van der Waals surface area contributed by atoms with Crippen molar-refractivity contribution in [1.82, 2.24) is 29.9 Å². The zero-order chi connectivity index (χ0) is 13.1. The van der Waals surface area contributed by atoms with E-state index in [1.54, 1.807) is 17.1 Å². The lowest BCUT2D eigenvalue weighted by atomic mass is 10.3. The van der Waals surface area contributed by atoms with E-state index in [9.17, 15) is 0 Å². The predicted molar refractivity (Wildman–Crippen MR) is 70.4 cm³/mol. The highest BCUT2D eigenvalue weighted by atomic mass is 15.4. The number of hydrogen-bond acceptors (Lipinski definition) is 6. The van der Waals surface area contributed by atoms with Gasteiger partial charge in [0.15, 0.2) is 17.0 Å². The number of nitrogens with one attached hydrogen (secondary N) is 1. The molecule has 96 valence electrons. The smallest absolute Gasteiger partial charge is 0.183 e. The highest BCUT2D eigenvalue weighted by Crippen LogP contribution is 2.16. The third-order valence-electron chi connectivity index (χ3n) is 2.81. The van der Waals surface area contributed by atoms with Gasteiger partial charge in [0.1, 0.15) is 6.33 Å². The third-order valence-corrected chi connectivity index (χ3v) is 2.81. The molecule has 0 amide bonds. The maximum Gasteiger partial charge on any atom is 0.183 e. The average Bonchev–Trinajstić information content (AvgIpc) is 2.90. The fourth-order valence-electron chi connectivity index (χ4n) is 1.82. The largest absolute Gasteiger partial charge is 0.364 e. The van der Waals surface area contributed by atoms with Gasteiger partial charge in [-0.15, -0.1) is 5.10 Å². The first-order valence-electron chi connectivity index (χ1n) is 6.05. The van der Waals surface area contributed by atoms with Crippen molar-refractivity contribution in [3.8, 4) is 0 Å². The van der Waals surface area contributed by atoms with Gasteiger partial charge in [0.05, 0.1) is 0 Å². The van der Waals surface area contributed by atoms with Crippen LogP contribution in [0, 0.1) is 0 Å². The molecule has 0 atom stereocenters. The molecule has 0 fully saturated rings. The van der Waals surface area contributed by atoms with Crippen LogP contribution in [0.1, 0.15) is 12.5 Å². The molecular weight excluding hydrogens is 242 g/mol. The van der Waals surface area contributed by atoms with Gasteiger partial charge in [0.2, 0.25) is 0 Å². The molecule has 0 aliphatic heterocycles. The first-order chi connectivity index (χ1) is 9.38. The van der Waals surface area contributed by atoms with E-state index in [-0.39, 0.29) is 0 Å². The number of fused-ring (bicyclic) bond motifs is 1. The van der Waals surface area contributed by atoms with Crippen molar-refractivity contribution in [2.75, 3.05) is 5.32 Å². The van der Waals surface area contributed by atoms with Crippen molar-refractivity contribution in [3.05, 3.63) is 36.4 Å². The normalized spacial score (nSPS) is 10.8. The third kappa shape index (κ3) is 2.22. The zero-order valence-electron chi connectivity index (χ0n) is 10.5. The molecule has 3 aromatic rings. The van der Waals surface area contributed by atoms with E-state index >= 15 is 0 Å². The molecule has 1 N–H and O–H groups in total. The summed E-state index contributed by atoms with van der Waals surface area (Å²) in [5, 5.41) is 11.4. The molecular formula is C12H13N7. The summed E-state index contributed by atoms with van der Waals surface area (Å²) in [6, 6.07) is 3.91. The van der Waals surface area contributed by atoms with Crippen molar-refractivity contribution >= 4 is 17.0 Å². The molecule has 7 nitrogen and oxygen atoms in total. The van der Waals surface area contributed by atoms with Gasteiger partial charge in [0, 0.05) is 25.5 Å². The van der Waals surface area contributed by atoms with Crippen LogP contribution in [0.5, 0.6) is 0 Å². The van der Waals surface area contributed by atoms with Crippen molar-refractivity contribution in [2.45, 2.75) is 20.0 Å².